The number of amides is 1. The van der Waals surface area contributed by atoms with Gasteiger partial charge in [-0.15, -0.1) is 21.6 Å². The minimum absolute atomic E-state index is 0.158. The van der Waals surface area contributed by atoms with Gasteiger partial charge in [0.15, 0.2) is 4.34 Å². The van der Waals surface area contributed by atoms with Crippen LogP contribution in [0.4, 0.5) is 10.1 Å². The molecule has 3 aromatic rings. The van der Waals surface area contributed by atoms with Gasteiger partial charge in [0.05, 0.1) is 12.4 Å². The van der Waals surface area contributed by atoms with E-state index in [1.54, 1.807) is 42.7 Å². The molecule has 14 heteroatoms. The van der Waals surface area contributed by atoms with Gasteiger partial charge in [-0.25, -0.2) is 19.8 Å². The number of amidine groups is 1. The first kappa shape index (κ1) is 23.0. The Kier molecular flexibility index (Phi) is 7.39. The van der Waals surface area contributed by atoms with Crippen LogP contribution in [-0.2, 0) is 4.74 Å². The fraction of sp³-hybridized carbons (Fsp3) is 0.211. The second-order valence-electron chi connectivity index (χ2n) is 6.50. The molecule has 1 amide bonds. The maximum atomic E-state index is 12.4. The maximum Gasteiger partial charge on any atom is 0.347 e. The predicted octanol–water partition coefficient (Wildman–Crippen LogP) is 3.19. The Labute approximate surface area is 201 Å². The topological polar surface area (TPSA) is 132 Å². The highest BCUT2D eigenvalue weighted by Gasteiger charge is 2.30. The lowest BCUT2D eigenvalue weighted by molar-refractivity contribution is 0.0701. The lowest BCUT2D eigenvalue weighted by atomic mass is 10.2. The molecule has 2 aromatic heterocycles. The number of thioether (sulfide) groups is 1. The number of aromatic carboxylic acids is 1. The summed E-state index contributed by atoms with van der Waals surface area (Å²) in [6.07, 6.45) is 3.63. The standard InChI is InChI=1S/C19H19N7O4S3/c1-30-9-5-8-25-18(33-19-21-10-13(31-19)16(28)29)23-24-26(25)17-20-11-14(32-17)22-15(27)12-6-3-2-4-7-12/h2-4,6-7,10-11,24H,5,8-9H2,1H3,(H,22,27)(H,28,29). The van der Waals surface area contributed by atoms with Crippen molar-refractivity contribution in [2.45, 2.75) is 10.8 Å². The molecule has 0 saturated carbocycles. The molecule has 1 aromatic carbocycles. The van der Waals surface area contributed by atoms with Gasteiger partial charge in [0, 0.05) is 25.8 Å². The first-order valence-electron chi connectivity index (χ1n) is 9.64. The van der Waals surface area contributed by atoms with Crippen LogP contribution in [0.25, 0.3) is 0 Å². The lowest BCUT2D eigenvalue weighted by Gasteiger charge is -2.27. The highest BCUT2D eigenvalue weighted by molar-refractivity contribution is 8.15. The molecule has 172 valence electrons. The average Bonchev–Trinajstić information content (AvgIpc) is 3.56. The van der Waals surface area contributed by atoms with Crippen LogP contribution in [0.2, 0.25) is 0 Å². The third-order valence-electron chi connectivity index (χ3n) is 4.24. The summed E-state index contributed by atoms with van der Waals surface area (Å²) in [7, 11) is 1.63. The van der Waals surface area contributed by atoms with Crippen LogP contribution in [0.3, 0.4) is 0 Å². The Hall–Kier alpha value is -3.20. The highest BCUT2D eigenvalue weighted by Crippen LogP contribution is 2.33. The average molecular weight is 506 g/mol. The number of thiazole rings is 2. The normalized spacial score (nSPS) is 13.1. The molecule has 0 saturated heterocycles. The van der Waals surface area contributed by atoms with E-state index in [9.17, 15) is 9.59 Å². The molecular formula is C19H19N7O4S3. The maximum absolute atomic E-state index is 12.4. The Morgan fingerprint density at radius 2 is 2.03 bits per heavy atom. The number of anilines is 2. The molecule has 3 heterocycles. The van der Waals surface area contributed by atoms with Gasteiger partial charge >= 0.3 is 5.97 Å². The summed E-state index contributed by atoms with van der Waals surface area (Å²) >= 11 is 3.61. The first-order valence-corrected chi connectivity index (χ1v) is 12.1. The van der Waals surface area contributed by atoms with E-state index in [1.165, 1.54) is 29.3 Å². The summed E-state index contributed by atoms with van der Waals surface area (Å²) in [6, 6.07) is 8.93. The number of hydrogen-bond acceptors (Lipinski definition) is 12. The molecule has 11 nitrogen and oxygen atoms in total. The molecule has 33 heavy (non-hydrogen) atoms. The Morgan fingerprint density at radius 3 is 2.76 bits per heavy atom. The van der Waals surface area contributed by atoms with E-state index in [2.05, 4.69) is 25.9 Å². The van der Waals surface area contributed by atoms with E-state index in [1.807, 2.05) is 11.1 Å². The van der Waals surface area contributed by atoms with Crippen molar-refractivity contribution in [2.24, 2.45) is 5.10 Å². The van der Waals surface area contributed by atoms with Gasteiger partial charge in [-0.05, 0) is 30.3 Å². The van der Waals surface area contributed by atoms with E-state index < -0.39 is 5.97 Å². The van der Waals surface area contributed by atoms with Gasteiger partial charge in [0.2, 0.25) is 10.3 Å². The quantitative estimate of drug-likeness (QED) is 0.372. The molecule has 4 rings (SSSR count). The van der Waals surface area contributed by atoms with E-state index in [4.69, 9.17) is 9.84 Å². The fourth-order valence-corrected chi connectivity index (χ4v) is 5.29. The number of carboxylic acid groups (broad SMARTS) is 1. The van der Waals surface area contributed by atoms with Crippen molar-refractivity contribution in [3.8, 4) is 0 Å². The summed E-state index contributed by atoms with van der Waals surface area (Å²) in [4.78, 5) is 32.3. The summed E-state index contributed by atoms with van der Waals surface area (Å²) in [6.45, 7) is 1.12. The van der Waals surface area contributed by atoms with Crippen LogP contribution in [0.5, 0.6) is 0 Å². The van der Waals surface area contributed by atoms with Gasteiger partial charge in [0.1, 0.15) is 9.88 Å². The molecule has 0 aliphatic carbocycles. The van der Waals surface area contributed by atoms with Crippen molar-refractivity contribution in [3.63, 3.8) is 0 Å². The number of carbonyl (C=O) groups is 2. The number of benzene rings is 1. The number of hydrogen-bond donors (Lipinski definition) is 3. The van der Waals surface area contributed by atoms with Crippen LogP contribution < -0.4 is 16.0 Å². The van der Waals surface area contributed by atoms with Gasteiger partial charge < -0.3 is 15.2 Å². The second-order valence-corrected chi connectivity index (χ2v) is 9.75. The number of nitrogens with one attached hydrogen (secondary N) is 2. The van der Waals surface area contributed by atoms with E-state index in [-0.39, 0.29) is 10.8 Å². The third kappa shape index (κ3) is 5.60. The zero-order valence-corrected chi connectivity index (χ0v) is 19.7. The van der Waals surface area contributed by atoms with Crippen molar-refractivity contribution >= 4 is 61.6 Å². The molecule has 0 spiro atoms. The smallest absolute Gasteiger partial charge is 0.347 e. The molecule has 1 aliphatic rings. The molecule has 1 aliphatic heterocycles. The summed E-state index contributed by atoms with van der Waals surface area (Å²) in [5.74, 6) is -1.24. The van der Waals surface area contributed by atoms with E-state index in [0.717, 1.165) is 17.8 Å². The Morgan fingerprint density at radius 1 is 1.21 bits per heavy atom. The number of carbonyl (C=O) groups excluding carboxylic acids is 1. The number of methoxy groups -OCH3 is 1. The van der Waals surface area contributed by atoms with E-state index >= 15 is 0 Å². The zero-order valence-electron chi connectivity index (χ0n) is 17.3. The number of hydrazone groups is 1. The van der Waals surface area contributed by atoms with Gasteiger partial charge in [-0.3, -0.25) is 4.79 Å². The predicted molar refractivity (Wildman–Crippen MR) is 128 cm³/mol. The minimum atomic E-state index is -1.02. The summed E-state index contributed by atoms with van der Waals surface area (Å²) in [5, 5.41) is 21.6. The Balaban J connectivity index is 1.47. The molecule has 0 unspecified atom stereocenters. The van der Waals surface area contributed by atoms with Crippen LogP contribution in [0.15, 0.2) is 52.2 Å². The number of hydrazine groups is 2. The fourth-order valence-electron chi connectivity index (χ4n) is 2.74. The second kappa shape index (κ2) is 10.6. The molecule has 0 bridgehead atoms. The number of ether oxygens (including phenoxy) is 1. The van der Waals surface area contributed by atoms with Crippen molar-refractivity contribution in [2.75, 3.05) is 30.7 Å². The monoisotopic (exact) mass is 505 g/mol. The molecule has 0 atom stereocenters. The SMILES string of the molecule is COCCCN1C(Sc2ncc(C(=O)O)s2)=NNN1c1ncc(NC(=O)c2ccccc2)s1. The molecule has 3 N–H and O–H groups in total. The van der Waals surface area contributed by atoms with Gasteiger partial charge in [-0.1, -0.05) is 29.5 Å². The lowest BCUT2D eigenvalue weighted by Crippen LogP contribution is -2.45. The van der Waals surface area contributed by atoms with Crippen molar-refractivity contribution in [3.05, 3.63) is 53.2 Å². The molecular weight excluding hydrogens is 486 g/mol. The van der Waals surface area contributed by atoms with Crippen LogP contribution in [0.1, 0.15) is 26.5 Å². The van der Waals surface area contributed by atoms with Crippen molar-refractivity contribution in [1.29, 1.82) is 0 Å². The van der Waals surface area contributed by atoms with Gasteiger partial charge in [0.25, 0.3) is 5.91 Å². The summed E-state index contributed by atoms with van der Waals surface area (Å²) < 4.78 is 5.72. The molecule has 0 radical (unpaired) electrons. The van der Waals surface area contributed by atoms with E-state index in [0.29, 0.717) is 38.4 Å². The number of nitrogens with zero attached hydrogens (tertiary/aromatic N) is 5. The Bertz CT molecular complexity index is 1150. The van der Waals surface area contributed by atoms with Crippen molar-refractivity contribution < 1.29 is 19.4 Å². The summed E-state index contributed by atoms with van der Waals surface area (Å²) in [5.41, 5.74) is 3.48. The largest absolute Gasteiger partial charge is 0.477 e. The van der Waals surface area contributed by atoms with Crippen molar-refractivity contribution in [1.82, 2.24) is 20.5 Å². The minimum Gasteiger partial charge on any atom is -0.477 e. The van der Waals surface area contributed by atoms with Crippen LogP contribution in [-0.4, -0.2) is 57.4 Å². The number of carboxylic acids is 1. The van der Waals surface area contributed by atoms with Crippen LogP contribution in [0, 0.1) is 0 Å². The third-order valence-corrected chi connectivity index (χ3v) is 7.18. The van der Waals surface area contributed by atoms with Gasteiger partial charge in [-0.2, -0.15) is 5.53 Å². The van der Waals surface area contributed by atoms with Crippen LogP contribution >= 0.6 is 34.4 Å². The highest BCUT2D eigenvalue weighted by atomic mass is 32.2. The number of aromatic nitrogens is 2. The zero-order chi connectivity index (χ0) is 23.2. The first-order chi connectivity index (χ1) is 16.0. The number of rotatable bonds is 9. The molecule has 0 fully saturated rings.